The van der Waals surface area contributed by atoms with Crippen molar-refractivity contribution in [1.82, 2.24) is 9.97 Å². The topological polar surface area (TPSA) is 68.3 Å². The molecule has 0 spiro atoms. The van der Waals surface area contributed by atoms with E-state index in [-0.39, 0.29) is 11.8 Å². The number of ether oxygens (including phenoxy) is 2. The van der Waals surface area contributed by atoms with E-state index in [1.807, 2.05) is 0 Å². The summed E-state index contributed by atoms with van der Waals surface area (Å²) in [7, 11) is 0. The summed E-state index contributed by atoms with van der Waals surface area (Å²) >= 11 is 0. The van der Waals surface area contributed by atoms with E-state index < -0.39 is 11.7 Å². The second kappa shape index (κ2) is 12.1. The fraction of sp³-hybridized carbons (Fsp3) is 0.360. The van der Waals surface area contributed by atoms with E-state index in [1.165, 1.54) is 0 Å². The molecule has 9 heteroatoms. The van der Waals surface area contributed by atoms with Gasteiger partial charge in [-0.05, 0) is 49.2 Å². The van der Waals surface area contributed by atoms with Crippen molar-refractivity contribution in [2.45, 2.75) is 45.7 Å². The number of benzene rings is 2. The summed E-state index contributed by atoms with van der Waals surface area (Å²) in [5, 5.41) is 5.70. The lowest BCUT2D eigenvalue weighted by molar-refractivity contribution is -0.137. The number of hydrogen-bond acceptors (Lipinski definition) is 6. The van der Waals surface area contributed by atoms with Gasteiger partial charge in [0.05, 0.1) is 13.2 Å². The summed E-state index contributed by atoms with van der Waals surface area (Å²) in [5.74, 6) is 0.970. The number of nitrogens with zero attached hydrogens (tertiary/aromatic N) is 2. The highest BCUT2D eigenvalue weighted by Crippen LogP contribution is 2.35. The van der Waals surface area contributed by atoms with Gasteiger partial charge in [0, 0.05) is 23.6 Å². The van der Waals surface area contributed by atoms with Crippen LogP contribution in [-0.2, 0) is 6.18 Å². The molecule has 182 valence electrons. The molecule has 0 aliphatic heterocycles. The van der Waals surface area contributed by atoms with Crippen LogP contribution in [-0.4, -0.2) is 23.2 Å². The predicted molar refractivity (Wildman–Crippen MR) is 127 cm³/mol. The van der Waals surface area contributed by atoms with Crippen molar-refractivity contribution >= 4 is 23.1 Å². The van der Waals surface area contributed by atoms with Crippen LogP contribution in [0, 0.1) is 0 Å². The third kappa shape index (κ3) is 7.54. The standard InChI is InChI=1S/C25H29F3N4O2/c1-3-5-14-33-20-12-10-18(11-13-20)31-24-29-17-22(25(26,27)28)23(32-24)30-19-8-7-9-21(16-19)34-15-6-4-2/h7-13,16-17H,3-6,14-15H2,1-2H3,(H2,29,30,31,32). The number of hydrogen-bond donors (Lipinski definition) is 2. The first-order valence-electron chi connectivity index (χ1n) is 11.3. The maximum absolute atomic E-state index is 13.6. The number of halogens is 3. The lowest BCUT2D eigenvalue weighted by Gasteiger charge is -2.15. The zero-order chi connectivity index (χ0) is 24.4. The fourth-order valence-corrected chi connectivity index (χ4v) is 2.98. The highest BCUT2D eigenvalue weighted by atomic mass is 19.4. The van der Waals surface area contributed by atoms with Gasteiger partial charge in [0.1, 0.15) is 22.9 Å². The average molecular weight is 475 g/mol. The Kier molecular flexibility index (Phi) is 8.95. The van der Waals surface area contributed by atoms with Gasteiger partial charge >= 0.3 is 6.18 Å². The fourth-order valence-electron chi connectivity index (χ4n) is 2.98. The molecular weight excluding hydrogens is 445 g/mol. The Morgan fingerprint density at radius 1 is 0.824 bits per heavy atom. The van der Waals surface area contributed by atoms with Crippen LogP contribution in [0.1, 0.15) is 45.1 Å². The molecule has 0 unspecified atom stereocenters. The molecule has 0 atom stereocenters. The van der Waals surface area contributed by atoms with E-state index in [1.54, 1.807) is 48.5 Å². The van der Waals surface area contributed by atoms with E-state index in [4.69, 9.17) is 9.47 Å². The van der Waals surface area contributed by atoms with Gasteiger partial charge in [-0.3, -0.25) is 0 Å². The zero-order valence-electron chi connectivity index (χ0n) is 19.3. The first-order valence-corrected chi connectivity index (χ1v) is 11.3. The van der Waals surface area contributed by atoms with Gasteiger partial charge in [-0.2, -0.15) is 18.2 Å². The minimum absolute atomic E-state index is 0.0329. The highest BCUT2D eigenvalue weighted by molar-refractivity contribution is 5.64. The van der Waals surface area contributed by atoms with E-state index in [0.29, 0.717) is 30.3 Å². The molecule has 1 aromatic heterocycles. The van der Waals surface area contributed by atoms with Crippen LogP contribution in [0.25, 0.3) is 0 Å². The van der Waals surface area contributed by atoms with Crippen molar-refractivity contribution in [3.8, 4) is 11.5 Å². The minimum Gasteiger partial charge on any atom is -0.494 e. The lowest BCUT2D eigenvalue weighted by atomic mass is 10.2. The molecule has 2 aromatic carbocycles. The zero-order valence-corrected chi connectivity index (χ0v) is 19.3. The molecule has 0 saturated heterocycles. The molecule has 3 aromatic rings. The third-order valence-corrected chi connectivity index (χ3v) is 4.83. The Bertz CT molecular complexity index is 1040. The summed E-state index contributed by atoms with van der Waals surface area (Å²) in [4.78, 5) is 7.95. The van der Waals surface area contributed by atoms with Crippen LogP contribution < -0.4 is 20.1 Å². The quantitative estimate of drug-likeness (QED) is 0.268. The van der Waals surface area contributed by atoms with Crippen LogP contribution in [0.4, 0.5) is 36.3 Å². The van der Waals surface area contributed by atoms with Crippen molar-refractivity contribution in [3.05, 3.63) is 60.3 Å². The smallest absolute Gasteiger partial charge is 0.421 e. The second-order valence-electron chi connectivity index (χ2n) is 7.66. The Morgan fingerprint density at radius 3 is 2.15 bits per heavy atom. The van der Waals surface area contributed by atoms with Gasteiger partial charge in [0.15, 0.2) is 0 Å². The summed E-state index contributed by atoms with van der Waals surface area (Å²) in [6, 6.07) is 13.8. The summed E-state index contributed by atoms with van der Waals surface area (Å²) in [5.41, 5.74) is 0.0904. The molecule has 3 rings (SSSR count). The van der Waals surface area contributed by atoms with Crippen LogP contribution in [0.2, 0.25) is 0 Å². The second-order valence-corrected chi connectivity index (χ2v) is 7.66. The van der Waals surface area contributed by atoms with Crippen molar-refractivity contribution < 1.29 is 22.6 Å². The maximum atomic E-state index is 13.6. The van der Waals surface area contributed by atoms with Crippen LogP contribution >= 0.6 is 0 Å². The molecule has 0 aliphatic rings. The van der Waals surface area contributed by atoms with Crippen molar-refractivity contribution in [1.29, 1.82) is 0 Å². The first kappa shape index (κ1) is 25.1. The SMILES string of the molecule is CCCCOc1ccc(Nc2ncc(C(F)(F)F)c(Nc3cccc(OCCCC)c3)n2)cc1. The number of alkyl halides is 3. The minimum atomic E-state index is -4.62. The number of anilines is 4. The van der Waals surface area contributed by atoms with Crippen molar-refractivity contribution in [2.24, 2.45) is 0 Å². The predicted octanol–water partition coefficient (Wildman–Crippen LogP) is 7.34. The monoisotopic (exact) mass is 474 g/mol. The normalized spacial score (nSPS) is 11.2. The number of nitrogens with one attached hydrogen (secondary N) is 2. The highest BCUT2D eigenvalue weighted by Gasteiger charge is 2.35. The molecule has 0 saturated carbocycles. The average Bonchev–Trinajstić information content (AvgIpc) is 2.80. The number of rotatable bonds is 12. The van der Waals surface area contributed by atoms with Gasteiger partial charge in [-0.25, -0.2) is 4.98 Å². The Labute approximate surface area is 197 Å². The molecule has 0 bridgehead atoms. The Morgan fingerprint density at radius 2 is 1.50 bits per heavy atom. The molecule has 0 amide bonds. The largest absolute Gasteiger partial charge is 0.494 e. The number of unbranched alkanes of at least 4 members (excludes halogenated alkanes) is 2. The summed E-state index contributed by atoms with van der Waals surface area (Å²) in [6.45, 7) is 5.31. The van der Waals surface area contributed by atoms with Gasteiger partial charge < -0.3 is 20.1 Å². The Hall–Kier alpha value is -3.49. The van der Waals surface area contributed by atoms with Crippen molar-refractivity contribution in [2.75, 3.05) is 23.8 Å². The molecular formula is C25H29F3N4O2. The molecule has 0 aliphatic carbocycles. The van der Waals surface area contributed by atoms with Crippen molar-refractivity contribution in [3.63, 3.8) is 0 Å². The van der Waals surface area contributed by atoms with Gasteiger partial charge in [0.25, 0.3) is 0 Å². The molecule has 0 fully saturated rings. The van der Waals surface area contributed by atoms with Crippen LogP contribution in [0.5, 0.6) is 11.5 Å². The first-order chi connectivity index (χ1) is 16.4. The van der Waals surface area contributed by atoms with E-state index >= 15 is 0 Å². The van der Waals surface area contributed by atoms with E-state index in [9.17, 15) is 13.2 Å². The molecule has 6 nitrogen and oxygen atoms in total. The van der Waals surface area contributed by atoms with E-state index in [2.05, 4.69) is 34.4 Å². The summed E-state index contributed by atoms with van der Waals surface area (Å²) < 4.78 is 52.0. The van der Waals surface area contributed by atoms with Gasteiger partial charge in [-0.1, -0.05) is 32.8 Å². The van der Waals surface area contributed by atoms with Gasteiger partial charge in [0.2, 0.25) is 5.95 Å². The number of aromatic nitrogens is 2. The summed E-state index contributed by atoms with van der Waals surface area (Å²) in [6.07, 6.45) is 0.0241. The van der Waals surface area contributed by atoms with Crippen LogP contribution in [0.3, 0.4) is 0 Å². The van der Waals surface area contributed by atoms with Crippen LogP contribution in [0.15, 0.2) is 54.7 Å². The lowest BCUT2D eigenvalue weighted by Crippen LogP contribution is -2.12. The molecule has 2 N–H and O–H groups in total. The van der Waals surface area contributed by atoms with E-state index in [0.717, 1.165) is 37.6 Å². The molecule has 0 radical (unpaired) electrons. The maximum Gasteiger partial charge on any atom is 0.421 e. The Balaban J connectivity index is 1.77. The van der Waals surface area contributed by atoms with Gasteiger partial charge in [-0.15, -0.1) is 0 Å². The molecule has 34 heavy (non-hydrogen) atoms. The third-order valence-electron chi connectivity index (χ3n) is 4.83. The molecule has 1 heterocycles.